The topological polar surface area (TPSA) is 83.6 Å². The average molecular weight is 211 g/mol. The van der Waals surface area contributed by atoms with Gasteiger partial charge in [-0.1, -0.05) is 19.1 Å². The monoisotopic (exact) mass is 211 g/mol. The molecule has 1 aromatic rings. The van der Waals surface area contributed by atoms with Crippen LogP contribution in [0.2, 0.25) is 0 Å². The number of aliphatic hydroxyl groups is 1. The lowest BCUT2D eigenvalue weighted by Gasteiger charge is -2.10. The second-order valence-electron chi connectivity index (χ2n) is 2.95. The molecule has 1 aromatic carbocycles. The largest absolute Gasteiger partial charge is 0.508 e. The van der Waals surface area contributed by atoms with Crippen molar-refractivity contribution in [2.45, 2.75) is 19.3 Å². The molecule has 1 atom stereocenters. The maximum atomic E-state index is 11.0. The Morgan fingerprint density at radius 3 is 2.13 bits per heavy atom. The van der Waals surface area contributed by atoms with Crippen molar-refractivity contribution in [2.24, 2.45) is 5.73 Å². The van der Waals surface area contributed by atoms with Gasteiger partial charge in [0.2, 0.25) is 5.91 Å². The highest BCUT2D eigenvalue weighted by Crippen LogP contribution is 2.20. The van der Waals surface area contributed by atoms with Crippen LogP contribution in [-0.4, -0.2) is 23.2 Å². The van der Waals surface area contributed by atoms with E-state index in [1.54, 1.807) is 24.3 Å². The van der Waals surface area contributed by atoms with E-state index in [2.05, 4.69) is 0 Å². The summed E-state index contributed by atoms with van der Waals surface area (Å²) in [6.07, 6.45) is 0.681. The van der Waals surface area contributed by atoms with Crippen molar-refractivity contribution in [2.75, 3.05) is 7.11 Å². The number of aliphatic hydroxyl groups excluding tert-OH is 1. The Kier molecular flexibility index (Phi) is 6.13. The number of nitrogens with two attached hydrogens (primary N) is 1. The van der Waals surface area contributed by atoms with Gasteiger partial charge >= 0.3 is 0 Å². The molecule has 0 aromatic heterocycles. The highest BCUT2D eigenvalue weighted by Gasteiger charge is 2.14. The van der Waals surface area contributed by atoms with Gasteiger partial charge in [-0.3, -0.25) is 4.79 Å². The smallest absolute Gasteiger partial charge is 0.224 e. The van der Waals surface area contributed by atoms with Gasteiger partial charge in [0, 0.05) is 7.11 Å². The third kappa shape index (κ3) is 3.99. The van der Waals surface area contributed by atoms with Crippen LogP contribution in [0.3, 0.4) is 0 Å². The van der Waals surface area contributed by atoms with Crippen molar-refractivity contribution in [3.05, 3.63) is 29.8 Å². The van der Waals surface area contributed by atoms with Crippen LogP contribution in [0.1, 0.15) is 24.8 Å². The molecule has 0 heterocycles. The number of phenolic OH excluding ortho intramolecular Hbond substituents is 1. The molecule has 1 unspecified atom stereocenters. The van der Waals surface area contributed by atoms with Crippen LogP contribution in [-0.2, 0) is 4.79 Å². The highest BCUT2D eigenvalue weighted by atomic mass is 16.3. The van der Waals surface area contributed by atoms with Crippen LogP contribution in [0.5, 0.6) is 5.75 Å². The molecule has 0 aliphatic heterocycles. The summed E-state index contributed by atoms with van der Waals surface area (Å²) in [5, 5.41) is 16.0. The summed E-state index contributed by atoms with van der Waals surface area (Å²) in [4.78, 5) is 11.0. The summed E-state index contributed by atoms with van der Waals surface area (Å²) in [7, 11) is 1.00. The van der Waals surface area contributed by atoms with Crippen LogP contribution in [0.4, 0.5) is 0 Å². The second kappa shape index (κ2) is 6.84. The van der Waals surface area contributed by atoms with Crippen LogP contribution in [0, 0.1) is 0 Å². The maximum Gasteiger partial charge on any atom is 0.224 e. The van der Waals surface area contributed by atoms with E-state index in [4.69, 9.17) is 15.9 Å². The third-order valence-corrected chi connectivity index (χ3v) is 2.05. The van der Waals surface area contributed by atoms with E-state index in [1.807, 2.05) is 6.92 Å². The van der Waals surface area contributed by atoms with Crippen molar-refractivity contribution < 1.29 is 15.0 Å². The standard InChI is InChI=1S/C10H13NO2.CH4O/c1-2-9(10(11)13)7-3-5-8(12)6-4-7;1-2/h3-6,9,12H,2H2,1H3,(H2,11,13);2H,1H3. The number of benzene rings is 1. The Balaban J connectivity index is 0.000000921. The fourth-order valence-corrected chi connectivity index (χ4v) is 1.31. The first-order valence-corrected chi connectivity index (χ1v) is 4.68. The first kappa shape index (κ1) is 13.4. The average Bonchev–Trinajstić information content (AvgIpc) is 2.24. The van der Waals surface area contributed by atoms with Crippen molar-refractivity contribution >= 4 is 5.91 Å². The first-order chi connectivity index (χ1) is 7.15. The van der Waals surface area contributed by atoms with E-state index in [0.29, 0.717) is 6.42 Å². The molecule has 0 saturated carbocycles. The van der Waals surface area contributed by atoms with Crippen LogP contribution >= 0.6 is 0 Å². The van der Waals surface area contributed by atoms with Gasteiger partial charge in [-0.25, -0.2) is 0 Å². The van der Waals surface area contributed by atoms with E-state index < -0.39 is 0 Å². The highest BCUT2D eigenvalue weighted by molar-refractivity contribution is 5.81. The van der Waals surface area contributed by atoms with Crippen molar-refractivity contribution in [3.63, 3.8) is 0 Å². The number of carbonyl (C=O) groups is 1. The second-order valence-corrected chi connectivity index (χ2v) is 2.95. The van der Waals surface area contributed by atoms with Gasteiger partial charge in [0.05, 0.1) is 5.92 Å². The molecule has 0 bridgehead atoms. The van der Waals surface area contributed by atoms with E-state index in [9.17, 15) is 4.79 Å². The molecule has 0 aliphatic carbocycles. The number of phenols is 1. The van der Waals surface area contributed by atoms with E-state index >= 15 is 0 Å². The molecular weight excluding hydrogens is 194 g/mol. The van der Waals surface area contributed by atoms with E-state index in [0.717, 1.165) is 12.7 Å². The molecule has 84 valence electrons. The zero-order chi connectivity index (χ0) is 11.8. The van der Waals surface area contributed by atoms with Gasteiger partial charge in [0.25, 0.3) is 0 Å². The first-order valence-electron chi connectivity index (χ1n) is 4.68. The summed E-state index contributed by atoms with van der Waals surface area (Å²) in [5.74, 6) is -0.378. The summed E-state index contributed by atoms with van der Waals surface area (Å²) in [5.41, 5.74) is 6.07. The zero-order valence-corrected chi connectivity index (χ0v) is 8.97. The molecule has 1 amide bonds. The number of carbonyl (C=O) groups excluding carboxylic acids is 1. The molecule has 4 nitrogen and oxygen atoms in total. The van der Waals surface area contributed by atoms with Crippen molar-refractivity contribution in [1.29, 1.82) is 0 Å². The number of aromatic hydroxyl groups is 1. The summed E-state index contributed by atoms with van der Waals surface area (Å²) in [6, 6.07) is 6.55. The lowest BCUT2D eigenvalue weighted by molar-refractivity contribution is -0.119. The Morgan fingerprint density at radius 1 is 1.33 bits per heavy atom. The minimum atomic E-state index is -0.326. The minimum Gasteiger partial charge on any atom is -0.508 e. The predicted octanol–water partition coefficient (Wildman–Crippen LogP) is 0.980. The fourth-order valence-electron chi connectivity index (χ4n) is 1.31. The van der Waals surface area contributed by atoms with Crippen molar-refractivity contribution in [3.8, 4) is 5.75 Å². The molecule has 0 aliphatic rings. The lowest BCUT2D eigenvalue weighted by Crippen LogP contribution is -2.20. The van der Waals surface area contributed by atoms with Gasteiger partial charge in [-0.15, -0.1) is 0 Å². The van der Waals surface area contributed by atoms with Gasteiger partial charge in [0.15, 0.2) is 0 Å². The molecule has 4 heteroatoms. The van der Waals surface area contributed by atoms with Gasteiger partial charge in [-0.05, 0) is 24.1 Å². The number of hydrogen-bond acceptors (Lipinski definition) is 3. The molecule has 0 fully saturated rings. The van der Waals surface area contributed by atoms with Crippen LogP contribution < -0.4 is 5.73 Å². The zero-order valence-electron chi connectivity index (χ0n) is 8.97. The summed E-state index contributed by atoms with van der Waals surface area (Å²) < 4.78 is 0. The Morgan fingerprint density at radius 2 is 1.80 bits per heavy atom. The third-order valence-electron chi connectivity index (χ3n) is 2.05. The number of primary amides is 1. The summed E-state index contributed by atoms with van der Waals surface area (Å²) >= 11 is 0. The molecule has 4 N–H and O–H groups in total. The van der Waals surface area contributed by atoms with Crippen LogP contribution in [0.25, 0.3) is 0 Å². The van der Waals surface area contributed by atoms with E-state index in [-0.39, 0.29) is 17.6 Å². The predicted molar refractivity (Wildman–Crippen MR) is 58.5 cm³/mol. The Bertz CT molecular complexity index is 295. The normalized spacial score (nSPS) is 11.1. The quantitative estimate of drug-likeness (QED) is 0.696. The molecule has 15 heavy (non-hydrogen) atoms. The van der Waals surface area contributed by atoms with Gasteiger partial charge in [-0.2, -0.15) is 0 Å². The SMILES string of the molecule is CCC(C(N)=O)c1ccc(O)cc1.CO. The molecule has 0 spiro atoms. The number of amides is 1. The molecule has 0 saturated heterocycles. The van der Waals surface area contributed by atoms with Crippen LogP contribution in [0.15, 0.2) is 24.3 Å². The van der Waals surface area contributed by atoms with Gasteiger partial charge in [0.1, 0.15) is 5.75 Å². The number of hydrogen-bond donors (Lipinski definition) is 3. The fraction of sp³-hybridized carbons (Fsp3) is 0.364. The molecule has 0 radical (unpaired) electrons. The lowest BCUT2D eigenvalue weighted by atomic mass is 9.96. The van der Waals surface area contributed by atoms with E-state index in [1.165, 1.54) is 0 Å². The number of rotatable bonds is 3. The minimum absolute atomic E-state index is 0.197. The summed E-state index contributed by atoms with van der Waals surface area (Å²) in [6.45, 7) is 1.91. The molecule has 1 rings (SSSR count). The maximum absolute atomic E-state index is 11.0. The Labute approximate surface area is 89.4 Å². The van der Waals surface area contributed by atoms with Crippen molar-refractivity contribution in [1.82, 2.24) is 0 Å². The van der Waals surface area contributed by atoms with Gasteiger partial charge < -0.3 is 15.9 Å². The molecular formula is C11H17NO3. The Hall–Kier alpha value is -1.55.